The zero-order chi connectivity index (χ0) is 21.1. The van der Waals surface area contributed by atoms with Crippen LogP contribution in [0.4, 0.5) is 4.79 Å². The first-order chi connectivity index (χ1) is 14.5. The Hall–Kier alpha value is -2.73. The largest absolute Gasteiger partial charge is 0.457 e. The number of hydrogen-bond donors (Lipinski definition) is 0. The molecule has 0 spiro atoms. The van der Waals surface area contributed by atoms with Gasteiger partial charge in [-0.25, -0.2) is 0 Å². The number of amides is 2. The van der Waals surface area contributed by atoms with Crippen LogP contribution in [0.5, 0.6) is 11.5 Å². The lowest BCUT2D eigenvalue weighted by Gasteiger charge is -2.13. The summed E-state index contributed by atoms with van der Waals surface area (Å²) < 4.78 is 5.83. The number of imide groups is 1. The molecule has 1 fully saturated rings. The number of halogens is 2. The molecule has 3 aromatic carbocycles. The average molecular weight is 456 g/mol. The number of para-hydroxylation sites is 1. The topological polar surface area (TPSA) is 46.6 Å². The van der Waals surface area contributed by atoms with E-state index in [0.717, 1.165) is 23.1 Å². The van der Waals surface area contributed by atoms with Crippen LogP contribution in [0, 0.1) is 0 Å². The molecular formula is C23H15Cl2NO3S. The molecule has 1 aliphatic heterocycles. The minimum atomic E-state index is -0.356. The standard InChI is InChI=1S/C23H15Cl2NO3S/c24-17-10-9-16(20(25)13-17)14-26-22(27)21(30-23(26)28)12-15-5-4-8-19(11-15)29-18-6-2-1-3-7-18/h1-13H,14H2/b21-12+. The highest BCUT2D eigenvalue weighted by Crippen LogP contribution is 2.35. The lowest BCUT2D eigenvalue weighted by molar-refractivity contribution is -0.123. The summed E-state index contributed by atoms with van der Waals surface area (Å²) in [6, 6.07) is 21.7. The Morgan fingerprint density at radius 2 is 1.67 bits per heavy atom. The highest BCUT2D eigenvalue weighted by molar-refractivity contribution is 8.18. The molecule has 0 aliphatic carbocycles. The van der Waals surface area contributed by atoms with Crippen LogP contribution in [0.1, 0.15) is 11.1 Å². The summed E-state index contributed by atoms with van der Waals surface area (Å²) in [5.74, 6) is 1.00. The van der Waals surface area contributed by atoms with Gasteiger partial charge in [-0.05, 0) is 65.4 Å². The maximum Gasteiger partial charge on any atom is 0.293 e. The first kappa shape index (κ1) is 20.5. The van der Waals surface area contributed by atoms with Gasteiger partial charge in [-0.15, -0.1) is 0 Å². The van der Waals surface area contributed by atoms with E-state index in [1.165, 1.54) is 4.90 Å². The molecule has 1 heterocycles. The Morgan fingerprint density at radius 3 is 2.43 bits per heavy atom. The van der Waals surface area contributed by atoms with Crippen LogP contribution < -0.4 is 4.74 Å². The highest BCUT2D eigenvalue weighted by atomic mass is 35.5. The Balaban J connectivity index is 1.52. The van der Waals surface area contributed by atoms with Crippen molar-refractivity contribution in [2.45, 2.75) is 6.54 Å². The Bertz CT molecular complexity index is 1150. The molecule has 4 rings (SSSR count). The van der Waals surface area contributed by atoms with Crippen molar-refractivity contribution < 1.29 is 14.3 Å². The van der Waals surface area contributed by atoms with E-state index >= 15 is 0 Å². The van der Waals surface area contributed by atoms with Crippen LogP contribution >= 0.6 is 35.0 Å². The number of benzene rings is 3. The number of hydrogen-bond acceptors (Lipinski definition) is 4. The molecule has 0 atom stereocenters. The quantitative estimate of drug-likeness (QED) is 0.387. The number of rotatable bonds is 5. The van der Waals surface area contributed by atoms with E-state index in [0.29, 0.717) is 26.3 Å². The molecule has 0 N–H and O–H groups in total. The first-order valence-corrected chi connectivity index (χ1v) is 10.6. The molecule has 4 nitrogen and oxygen atoms in total. The molecule has 0 unspecified atom stereocenters. The van der Waals surface area contributed by atoms with Gasteiger partial charge in [-0.3, -0.25) is 14.5 Å². The van der Waals surface area contributed by atoms with E-state index in [9.17, 15) is 9.59 Å². The van der Waals surface area contributed by atoms with Crippen molar-refractivity contribution in [3.63, 3.8) is 0 Å². The zero-order valence-electron chi connectivity index (χ0n) is 15.5. The number of thioether (sulfide) groups is 1. The summed E-state index contributed by atoms with van der Waals surface area (Å²) in [6.07, 6.45) is 1.69. The molecule has 2 amide bonds. The maximum absolute atomic E-state index is 12.8. The highest BCUT2D eigenvalue weighted by Gasteiger charge is 2.35. The molecule has 0 saturated carbocycles. The van der Waals surface area contributed by atoms with Crippen molar-refractivity contribution >= 4 is 52.2 Å². The SMILES string of the molecule is O=C1S/C(=C/c2cccc(Oc3ccccc3)c2)C(=O)N1Cc1ccc(Cl)cc1Cl. The monoisotopic (exact) mass is 455 g/mol. The fraction of sp³-hybridized carbons (Fsp3) is 0.0435. The molecule has 7 heteroatoms. The third-order valence-electron chi connectivity index (χ3n) is 4.35. The molecular weight excluding hydrogens is 441 g/mol. The minimum Gasteiger partial charge on any atom is -0.457 e. The van der Waals surface area contributed by atoms with Crippen molar-refractivity contribution in [1.82, 2.24) is 4.90 Å². The molecule has 30 heavy (non-hydrogen) atoms. The summed E-state index contributed by atoms with van der Waals surface area (Å²) in [4.78, 5) is 26.7. The first-order valence-electron chi connectivity index (χ1n) is 9.02. The van der Waals surface area contributed by atoms with Gasteiger partial charge in [0, 0.05) is 10.0 Å². The third kappa shape index (κ3) is 4.70. The fourth-order valence-electron chi connectivity index (χ4n) is 2.90. The molecule has 0 aromatic heterocycles. The number of carbonyl (C=O) groups is 2. The van der Waals surface area contributed by atoms with Crippen molar-refractivity contribution in [3.8, 4) is 11.5 Å². The average Bonchev–Trinajstić information content (AvgIpc) is 2.98. The van der Waals surface area contributed by atoms with Gasteiger partial charge in [-0.2, -0.15) is 0 Å². The van der Waals surface area contributed by atoms with Crippen LogP contribution in [0.25, 0.3) is 6.08 Å². The number of carbonyl (C=O) groups excluding carboxylic acids is 2. The molecule has 150 valence electrons. The van der Waals surface area contributed by atoms with Crippen molar-refractivity contribution in [2.24, 2.45) is 0 Å². The summed E-state index contributed by atoms with van der Waals surface area (Å²) in [7, 11) is 0. The number of ether oxygens (including phenoxy) is 1. The predicted octanol–water partition coefficient (Wildman–Crippen LogP) is 7.02. The van der Waals surface area contributed by atoms with Crippen LogP contribution in [0.15, 0.2) is 77.7 Å². The molecule has 0 bridgehead atoms. The Labute approximate surface area is 188 Å². The van der Waals surface area contributed by atoms with E-state index in [-0.39, 0.29) is 17.7 Å². The molecule has 1 aliphatic rings. The van der Waals surface area contributed by atoms with Gasteiger partial charge in [0.05, 0.1) is 11.4 Å². The summed E-state index contributed by atoms with van der Waals surface area (Å²) in [6.45, 7) is 0.0924. The van der Waals surface area contributed by atoms with Crippen molar-refractivity contribution in [1.29, 1.82) is 0 Å². The van der Waals surface area contributed by atoms with E-state index < -0.39 is 0 Å². The third-order valence-corrected chi connectivity index (χ3v) is 5.85. The van der Waals surface area contributed by atoms with Gasteiger partial charge in [0.15, 0.2) is 0 Å². The zero-order valence-corrected chi connectivity index (χ0v) is 17.9. The summed E-state index contributed by atoms with van der Waals surface area (Å²) in [5.41, 5.74) is 1.42. The Morgan fingerprint density at radius 1 is 0.900 bits per heavy atom. The van der Waals surface area contributed by atoms with Crippen molar-refractivity contribution in [2.75, 3.05) is 0 Å². The van der Waals surface area contributed by atoms with Gasteiger partial charge in [0.1, 0.15) is 11.5 Å². The van der Waals surface area contributed by atoms with Gasteiger partial charge in [-0.1, -0.05) is 59.6 Å². The van der Waals surface area contributed by atoms with Gasteiger partial charge < -0.3 is 4.74 Å². The second kappa shape index (κ2) is 8.96. The maximum atomic E-state index is 12.8. The fourth-order valence-corrected chi connectivity index (χ4v) is 4.21. The number of nitrogens with zero attached hydrogens (tertiary/aromatic N) is 1. The second-order valence-electron chi connectivity index (χ2n) is 6.49. The van der Waals surface area contributed by atoms with Crippen LogP contribution in [-0.4, -0.2) is 16.0 Å². The smallest absolute Gasteiger partial charge is 0.293 e. The van der Waals surface area contributed by atoms with Crippen molar-refractivity contribution in [3.05, 3.63) is 98.9 Å². The van der Waals surface area contributed by atoms with Crippen LogP contribution in [0.3, 0.4) is 0 Å². The van der Waals surface area contributed by atoms with Gasteiger partial charge in [0.2, 0.25) is 0 Å². The second-order valence-corrected chi connectivity index (χ2v) is 8.33. The minimum absolute atomic E-state index is 0.0924. The van der Waals surface area contributed by atoms with E-state index in [1.807, 2.05) is 54.6 Å². The lowest BCUT2D eigenvalue weighted by atomic mass is 10.2. The van der Waals surface area contributed by atoms with E-state index in [1.54, 1.807) is 24.3 Å². The summed E-state index contributed by atoms with van der Waals surface area (Å²) >= 11 is 13.0. The lowest BCUT2D eigenvalue weighted by Crippen LogP contribution is -2.27. The Kier molecular flexibility index (Phi) is 6.13. The molecule has 0 radical (unpaired) electrons. The van der Waals surface area contributed by atoms with Gasteiger partial charge in [0.25, 0.3) is 11.1 Å². The predicted molar refractivity (Wildman–Crippen MR) is 121 cm³/mol. The van der Waals surface area contributed by atoms with Gasteiger partial charge >= 0.3 is 0 Å². The van der Waals surface area contributed by atoms with Crippen LogP contribution in [0.2, 0.25) is 10.0 Å². The molecule has 3 aromatic rings. The summed E-state index contributed by atoms with van der Waals surface area (Å²) in [5, 5.41) is 0.570. The normalized spacial score (nSPS) is 15.1. The molecule has 1 saturated heterocycles. The van der Waals surface area contributed by atoms with Crippen LogP contribution in [-0.2, 0) is 11.3 Å². The van der Waals surface area contributed by atoms with E-state index in [4.69, 9.17) is 27.9 Å². The van der Waals surface area contributed by atoms with E-state index in [2.05, 4.69) is 0 Å².